The largest absolute Gasteiger partial charge is 0.481 e. The van der Waals surface area contributed by atoms with Crippen molar-refractivity contribution in [3.63, 3.8) is 0 Å². The Labute approximate surface area is 70.8 Å². The molecule has 1 rings (SSSR count). The van der Waals surface area contributed by atoms with E-state index in [1.807, 2.05) is 6.92 Å². The predicted molar refractivity (Wildman–Crippen MR) is 41.4 cm³/mol. The van der Waals surface area contributed by atoms with Crippen LogP contribution >= 0.6 is 0 Å². The lowest BCUT2D eigenvalue weighted by molar-refractivity contribution is -0.151. The molecule has 68 valence electrons. The average Bonchev–Trinajstić information content (AvgIpc) is 2.05. The Hall–Kier alpha value is -1.03. The van der Waals surface area contributed by atoms with Crippen LogP contribution in [0.3, 0.4) is 0 Å². The van der Waals surface area contributed by atoms with E-state index in [4.69, 9.17) is 14.6 Å². The van der Waals surface area contributed by atoms with Gasteiger partial charge in [0.25, 0.3) is 0 Å². The van der Waals surface area contributed by atoms with Gasteiger partial charge in [-0.15, -0.1) is 0 Å². The topological polar surface area (TPSA) is 55.8 Å². The summed E-state index contributed by atoms with van der Waals surface area (Å²) in [7, 11) is 0. The average molecular weight is 172 g/mol. The molecule has 0 aliphatic carbocycles. The Bertz CT molecular complexity index is 187. The van der Waals surface area contributed by atoms with Gasteiger partial charge in [0.15, 0.2) is 6.29 Å². The number of aliphatic carboxylic acids is 1. The zero-order valence-electron chi connectivity index (χ0n) is 6.90. The molecule has 0 radical (unpaired) electrons. The second kappa shape index (κ2) is 4.11. The minimum Gasteiger partial charge on any atom is -0.481 e. The fourth-order valence-electron chi connectivity index (χ4n) is 1.05. The molecule has 0 fully saturated rings. The van der Waals surface area contributed by atoms with E-state index in [2.05, 4.69) is 0 Å². The molecule has 0 bridgehead atoms. The molecule has 0 saturated heterocycles. The Morgan fingerprint density at radius 1 is 1.83 bits per heavy atom. The molecular formula is C8H12O4. The van der Waals surface area contributed by atoms with Crippen LogP contribution in [-0.2, 0) is 14.3 Å². The van der Waals surface area contributed by atoms with Crippen LogP contribution in [0.15, 0.2) is 12.3 Å². The lowest BCUT2D eigenvalue weighted by atomic mass is 10.0. The van der Waals surface area contributed by atoms with Crippen molar-refractivity contribution in [3.05, 3.63) is 12.3 Å². The molecule has 1 aliphatic rings. The van der Waals surface area contributed by atoms with Gasteiger partial charge in [-0.05, 0) is 13.0 Å². The van der Waals surface area contributed by atoms with Gasteiger partial charge in [0.2, 0.25) is 0 Å². The first-order valence-electron chi connectivity index (χ1n) is 3.90. The van der Waals surface area contributed by atoms with Crippen molar-refractivity contribution < 1.29 is 19.4 Å². The van der Waals surface area contributed by atoms with Gasteiger partial charge in [-0.1, -0.05) is 0 Å². The van der Waals surface area contributed by atoms with Crippen molar-refractivity contribution in [2.24, 2.45) is 5.92 Å². The first-order chi connectivity index (χ1) is 5.74. The van der Waals surface area contributed by atoms with E-state index in [0.717, 1.165) is 0 Å². The standard InChI is InChI=1S/C8H12O4/c1-2-11-7-5-6(8(9)10)3-4-12-7/h3-4,6-7H,2,5H2,1H3,(H,9,10). The normalized spacial score (nSPS) is 28.1. The van der Waals surface area contributed by atoms with Crippen molar-refractivity contribution in [1.82, 2.24) is 0 Å². The highest BCUT2D eigenvalue weighted by molar-refractivity contribution is 5.72. The number of carboxylic acid groups (broad SMARTS) is 1. The Balaban J connectivity index is 2.45. The summed E-state index contributed by atoms with van der Waals surface area (Å²) in [6, 6.07) is 0. The molecule has 4 heteroatoms. The highest BCUT2D eigenvalue weighted by Gasteiger charge is 2.24. The maximum absolute atomic E-state index is 10.5. The summed E-state index contributed by atoms with van der Waals surface area (Å²) >= 11 is 0. The van der Waals surface area contributed by atoms with Crippen molar-refractivity contribution in [1.29, 1.82) is 0 Å². The highest BCUT2D eigenvalue weighted by atomic mass is 16.7. The maximum Gasteiger partial charge on any atom is 0.310 e. The molecule has 1 N–H and O–H groups in total. The minimum atomic E-state index is -0.834. The third kappa shape index (κ3) is 2.23. The molecule has 0 aromatic carbocycles. The van der Waals surface area contributed by atoms with Gasteiger partial charge in [-0.2, -0.15) is 0 Å². The quantitative estimate of drug-likeness (QED) is 0.689. The van der Waals surface area contributed by atoms with Gasteiger partial charge in [0, 0.05) is 13.0 Å². The van der Waals surface area contributed by atoms with Crippen LogP contribution in [0.2, 0.25) is 0 Å². The van der Waals surface area contributed by atoms with E-state index >= 15 is 0 Å². The van der Waals surface area contributed by atoms with Gasteiger partial charge in [0.1, 0.15) is 0 Å². The summed E-state index contributed by atoms with van der Waals surface area (Å²) < 4.78 is 10.2. The first kappa shape index (κ1) is 9.06. The third-order valence-corrected chi connectivity index (χ3v) is 1.66. The second-order valence-electron chi connectivity index (χ2n) is 2.53. The zero-order valence-corrected chi connectivity index (χ0v) is 6.90. The Morgan fingerprint density at radius 3 is 3.17 bits per heavy atom. The second-order valence-corrected chi connectivity index (χ2v) is 2.53. The summed E-state index contributed by atoms with van der Waals surface area (Å²) in [5.41, 5.74) is 0. The monoisotopic (exact) mass is 172 g/mol. The molecule has 0 aromatic rings. The van der Waals surface area contributed by atoms with E-state index < -0.39 is 18.2 Å². The van der Waals surface area contributed by atoms with Gasteiger partial charge in [-0.25, -0.2) is 0 Å². The number of ether oxygens (including phenoxy) is 2. The zero-order chi connectivity index (χ0) is 8.97. The molecule has 0 aromatic heterocycles. The van der Waals surface area contributed by atoms with E-state index in [-0.39, 0.29) is 0 Å². The van der Waals surface area contributed by atoms with Crippen molar-refractivity contribution >= 4 is 5.97 Å². The van der Waals surface area contributed by atoms with E-state index in [1.54, 1.807) is 0 Å². The van der Waals surface area contributed by atoms with Crippen LogP contribution in [-0.4, -0.2) is 24.0 Å². The van der Waals surface area contributed by atoms with Gasteiger partial charge in [-0.3, -0.25) is 4.79 Å². The van der Waals surface area contributed by atoms with Crippen molar-refractivity contribution in [2.45, 2.75) is 19.6 Å². The fraction of sp³-hybridized carbons (Fsp3) is 0.625. The molecule has 0 spiro atoms. The van der Waals surface area contributed by atoms with Crippen LogP contribution in [0, 0.1) is 5.92 Å². The fourth-order valence-corrected chi connectivity index (χ4v) is 1.05. The van der Waals surface area contributed by atoms with Gasteiger partial charge >= 0.3 is 5.97 Å². The van der Waals surface area contributed by atoms with Crippen molar-refractivity contribution in [2.75, 3.05) is 6.61 Å². The van der Waals surface area contributed by atoms with Crippen LogP contribution in [0.1, 0.15) is 13.3 Å². The molecule has 0 amide bonds. The van der Waals surface area contributed by atoms with Crippen LogP contribution in [0.5, 0.6) is 0 Å². The number of hydrogen-bond acceptors (Lipinski definition) is 3. The molecule has 0 saturated carbocycles. The van der Waals surface area contributed by atoms with Crippen molar-refractivity contribution in [3.8, 4) is 0 Å². The third-order valence-electron chi connectivity index (χ3n) is 1.66. The number of carbonyl (C=O) groups is 1. The first-order valence-corrected chi connectivity index (χ1v) is 3.90. The lowest BCUT2D eigenvalue weighted by Gasteiger charge is -2.22. The minimum absolute atomic E-state index is 0.389. The summed E-state index contributed by atoms with van der Waals surface area (Å²) in [6.07, 6.45) is 2.90. The van der Waals surface area contributed by atoms with Gasteiger partial charge in [0.05, 0.1) is 12.2 Å². The summed E-state index contributed by atoms with van der Waals surface area (Å²) in [5.74, 6) is -1.31. The van der Waals surface area contributed by atoms with E-state index in [9.17, 15) is 4.79 Å². The maximum atomic E-state index is 10.5. The van der Waals surface area contributed by atoms with E-state index in [1.165, 1.54) is 12.3 Å². The number of hydrogen-bond donors (Lipinski definition) is 1. The summed E-state index contributed by atoms with van der Waals surface area (Å²) in [4.78, 5) is 10.5. The van der Waals surface area contributed by atoms with Crippen LogP contribution < -0.4 is 0 Å². The van der Waals surface area contributed by atoms with Crippen LogP contribution in [0.4, 0.5) is 0 Å². The van der Waals surface area contributed by atoms with E-state index in [0.29, 0.717) is 13.0 Å². The smallest absolute Gasteiger partial charge is 0.310 e. The number of rotatable bonds is 3. The highest BCUT2D eigenvalue weighted by Crippen LogP contribution is 2.18. The Morgan fingerprint density at radius 2 is 2.58 bits per heavy atom. The molecule has 1 aliphatic heterocycles. The van der Waals surface area contributed by atoms with Crippen LogP contribution in [0.25, 0.3) is 0 Å². The Kier molecular flexibility index (Phi) is 3.10. The molecule has 12 heavy (non-hydrogen) atoms. The molecule has 4 nitrogen and oxygen atoms in total. The summed E-state index contributed by atoms with van der Waals surface area (Å²) in [5, 5.41) is 8.66. The molecule has 2 unspecified atom stereocenters. The number of carboxylic acids is 1. The molecular weight excluding hydrogens is 160 g/mol. The predicted octanol–water partition coefficient (Wildman–Crippen LogP) is 0.984. The lowest BCUT2D eigenvalue weighted by Crippen LogP contribution is -2.26. The SMILES string of the molecule is CCOC1CC(C(=O)O)C=CO1. The summed E-state index contributed by atoms with van der Waals surface area (Å²) in [6.45, 7) is 2.38. The van der Waals surface area contributed by atoms with Gasteiger partial charge < -0.3 is 14.6 Å². The molecule has 1 heterocycles. The molecule has 2 atom stereocenters.